The highest BCUT2D eigenvalue weighted by Crippen LogP contribution is 2.18. The molecule has 1 heterocycles. The fourth-order valence-electron chi connectivity index (χ4n) is 2.48. The van der Waals surface area contributed by atoms with Crippen LogP contribution in [0.2, 0.25) is 0 Å². The molecule has 0 bridgehead atoms. The normalized spacial score (nSPS) is 10.8. The molecule has 0 saturated carbocycles. The molecular formula is C18H18N2O2. The fraction of sp³-hybridized carbons (Fsp3) is 0.222. The predicted octanol–water partition coefficient (Wildman–Crippen LogP) is 3.09. The maximum absolute atomic E-state index is 12.3. The monoisotopic (exact) mass is 294 g/mol. The summed E-state index contributed by atoms with van der Waals surface area (Å²) in [4.78, 5) is 16.7. The number of hydrogen-bond acceptors (Lipinski definition) is 3. The lowest BCUT2D eigenvalue weighted by atomic mass is 10.1. The molecule has 0 aliphatic rings. The minimum Gasteiger partial charge on any atom is -0.491 e. The van der Waals surface area contributed by atoms with Gasteiger partial charge in [0.1, 0.15) is 12.4 Å². The summed E-state index contributed by atoms with van der Waals surface area (Å²) in [5.41, 5.74) is 3.00. The van der Waals surface area contributed by atoms with Crippen LogP contribution in [0, 0.1) is 13.8 Å². The van der Waals surface area contributed by atoms with Crippen LogP contribution in [-0.4, -0.2) is 16.2 Å². The minimum absolute atomic E-state index is 0.0326. The molecule has 4 heteroatoms. The Morgan fingerprint density at radius 1 is 1.14 bits per heavy atom. The van der Waals surface area contributed by atoms with Gasteiger partial charge in [-0.05, 0) is 37.6 Å². The van der Waals surface area contributed by atoms with Crippen LogP contribution >= 0.6 is 0 Å². The van der Waals surface area contributed by atoms with Gasteiger partial charge in [-0.2, -0.15) is 0 Å². The number of hydrogen-bond donors (Lipinski definition) is 0. The summed E-state index contributed by atoms with van der Waals surface area (Å²) in [6.45, 7) is 4.98. The van der Waals surface area contributed by atoms with Crippen molar-refractivity contribution in [1.82, 2.24) is 9.55 Å². The van der Waals surface area contributed by atoms with E-state index in [0.29, 0.717) is 18.5 Å². The largest absolute Gasteiger partial charge is 0.491 e. The van der Waals surface area contributed by atoms with Gasteiger partial charge in [-0.25, -0.2) is 4.98 Å². The molecule has 0 N–H and O–H groups in total. The molecule has 22 heavy (non-hydrogen) atoms. The molecule has 0 aliphatic carbocycles. The average Bonchev–Trinajstić information content (AvgIpc) is 2.52. The van der Waals surface area contributed by atoms with Crippen molar-refractivity contribution in [1.29, 1.82) is 0 Å². The first kappa shape index (κ1) is 14.3. The number of rotatable bonds is 4. The third kappa shape index (κ3) is 2.86. The van der Waals surface area contributed by atoms with Crippen molar-refractivity contribution < 1.29 is 4.74 Å². The Kier molecular flexibility index (Phi) is 3.92. The Morgan fingerprint density at radius 2 is 1.95 bits per heavy atom. The van der Waals surface area contributed by atoms with Crippen molar-refractivity contribution in [3.63, 3.8) is 0 Å². The van der Waals surface area contributed by atoms with Gasteiger partial charge < -0.3 is 4.74 Å². The first-order chi connectivity index (χ1) is 10.6. The molecule has 0 radical (unpaired) electrons. The molecule has 3 aromatic rings. The van der Waals surface area contributed by atoms with Crippen molar-refractivity contribution >= 4 is 10.9 Å². The van der Waals surface area contributed by atoms with Gasteiger partial charge in [-0.3, -0.25) is 9.36 Å². The van der Waals surface area contributed by atoms with Crippen LogP contribution in [-0.2, 0) is 6.54 Å². The molecule has 0 amide bonds. The molecular weight excluding hydrogens is 276 g/mol. The van der Waals surface area contributed by atoms with Crippen LogP contribution in [0.15, 0.2) is 53.6 Å². The predicted molar refractivity (Wildman–Crippen MR) is 87.4 cm³/mol. The summed E-state index contributed by atoms with van der Waals surface area (Å²) in [6.07, 6.45) is 1.58. The van der Waals surface area contributed by atoms with Crippen LogP contribution in [0.5, 0.6) is 5.75 Å². The molecule has 4 nitrogen and oxygen atoms in total. The first-order valence-corrected chi connectivity index (χ1v) is 7.29. The van der Waals surface area contributed by atoms with Crippen LogP contribution in [0.1, 0.15) is 11.1 Å². The Balaban J connectivity index is 1.74. The molecule has 112 valence electrons. The van der Waals surface area contributed by atoms with Gasteiger partial charge in [0.2, 0.25) is 0 Å². The molecule has 0 saturated heterocycles. The van der Waals surface area contributed by atoms with Crippen molar-refractivity contribution in [3.8, 4) is 5.75 Å². The quantitative estimate of drug-likeness (QED) is 0.742. The number of fused-ring (bicyclic) bond motifs is 1. The van der Waals surface area contributed by atoms with Crippen molar-refractivity contribution in [2.75, 3.05) is 6.61 Å². The molecule has 0 spiro atoms. The maximum Gasteiger partial charge on any atom is 0.261 e. The van der Waals surface area contributed by atoms with E-state index in [1.165, 1.54) is 5.56 Å². The molecule has 0 aliphatic heterocycles. The van der Waals surface area contributed by atoms with E-state index in [1.807, 2.05) is 37.3 Å². The van der Waals surface area contributed by atoms with Gasteiger partial charge in [-0.15, -0.1) is 0 Å². The lowest BCUT2D eigenvalue weighted by Gasteiger charge is -2.11. The second-order valence-electron chi connectivity index (χ2n) is 5.38. The highest BCUT2D eigenvalue weighted by molar-refractivity contribution is 5.76. The number of nitrogens with zero attached hydrogens (tertiary/aromatic N) is 2. The number of para-hydroxylation sites is 1. The second-order valence-corrected chi connectivity index (χ2v) is 5.38. The summed E-state index contributed by atoms with van der Waals surface area (Å²) in [6, 6.07) is 13.4. The van der Waals surface area contributed by atoms with E-state index in [9.17, 15) is 4.79 Å². The zero-order chi connectivity index (χ0) is 15.5. The van der Waals surface area contributed by atoms with Gasteiger partial charge in [0, 0.05) is 0 Å². The Morgan fingerprint density at radius 3 is 2.77 bits per heavy atom. The molecule has 0 atom stereocenters. The van der Waals surface area contributed by atoms with E-state index < -0.39 is 0 Å². The van der Waals surface area contributed by atoms with Crippen molar-refractivity contribution in [2.24, 2.45) is 0 Å². The van der Waals surface area contributed by atoms with E-state index >= 15 is 0 Å². The third-order valence-corrected chi connectivity index (χ3v) is 3.65. The third-order valence-electron chi connectivity index (χ3n) is 3.65. The van der Waals surface area contributed by atoms with Crippen LogP contribution in [0.25, 0.3) is 10.9 Å². The summed E-state index contributed by atoms with van der Waals surface area (Å²) in [5, 5.41) is 0.636. The van der Waals surface area contributed by atoms with E-state index in [-0.39, 0.29) is 5.56 Å². The molecule has 1 aromatic heterocycles. The standard InChI is InChI=1S/C18H18N2O2/c1-13-7-8-17(14(2)11-13)22-10-9-20-12-19-16-6-4-3-5-15(16)18(20)21/h3-8,11-12H,9-10H2,1-2H3. The number of ether oxygens (including phenoxy) is 1. The fourth-order valence-corrected chi connectivity index (χ4v) is 2.48. The smallest absolute Gasteiger partial charge is 0.261 e. The summed E-state index contributed by atoms with van der Waals surface area (Å²) >= 11 is 0. The van der Waals surface area contributed by atoms with E-state index in [0.717, 1.165) is 16.8 Å². The van der Waals surface area contributed by atoms with Gasteiger partial charge >= 0.3 is 0 Å². The number of aryl methyl sites for hydroxylation is 2. The Bertz CT molecular complexity index is 868. The zero-order valence-electron chi connectivity index (χ0n) is 12.7. The highest BCUT2D eigenvalue weighted by atomic mass is 16.5. The molecule has 3 rings (SSSR count). The topological polar surface area (TPSA) is 44.1 Å². The summed E-state index contributed by atoms with van der Waals surface area (Å²) in [7, 11) is 0. The van der Waals surface area contributed by atoms with Crippen LogP contribution in [0.4, 0.5) is 0 Å². The van der Waals surface area contributed by atoms with Gasteiger partial charge in [0.05, 0.1) is 23.8 Å². The summed E-state index contributed by atoms with van der Waals surface area (Å²) < 4.78 is 7.36. The SMILES string of the molecule is Cc1ccc(OCCn2cnc3ccccc3c2=O)c(C)c1. The van der Waals surface area contributed by atoms with E-state index in [2.05, 4.69) is 18.0 Å². The highest BCUT2D eigenvalue weighted by Gasteiger charge is 2.04. The van der Waals surface area contributed by atoms with Crippen LogP contribution < -0.4 is 10.3 Å². The minimum atomic E-state index is -0.0326. The zero-order valence-corrected chi connectivity index (χ0v) is 12.7. The van der Waals surface area contributed by atoms with E-state index in [1.54, 1.807) is 17.0 Å². The summed E-state index contributed by atoms with van der Waals surface area (Å²) in [5.74, 6) is 0.854. The molecule has 0 fully saturated rings. The molecule has 2 aromatic carbocycles. The lowest BCUT2D eigenvalue weighted by molar-refractivity contribution is 0.294. The number of aromatic nitrogens is 2. The van der Waals surface area contributed by atoms with Crippen molar-refractivity contribution in [3.05, 3.63) is 70.3 Å². The first-order valence-electron chi connectivity index (χ1n) is 7.29. The van der Waals surface area contributed by atoms with Gasteiger partial charge in [0.25, 0.3) is 5.56 Å². The number of benzene rings is 2. The Labute approximate surface area is 129 Å². The van der Waals surface area contributed by atoms with Crippen LogP contribution in [0.3, 0.4) is 0 Å². The van der Waals surface area contributed by atoms with E-state index in [4.69, 9.17) is 4.74 Å². The Hall–Kier alpha value is -2.62. The van der Waals surface area contributed by atoms with Gasteiger partial charge in [0.15, 0.2) is 0 Å². The second kappa shape index (κ2) is 6.02. The maximum atomic E-state index is 12.3. The lowest BCUT2D eigenvalue weighted by Crippen LogP contribution is -2.23. The van der Waals surface area contributed by atoms with Crippen molar-refractivity contribution in [2.45, 2.75) is 20.4 Å². The molecule has 0 unspecified atom stereocenters. The average molecular weight is 294 g/mol. The van der Waals surface area contributed by atoms with Gasteiger partial charge in [-0.1, -0.05) is 29.8 Å².